The first-order valence-electron chi connectivity index (χ1n) is 5.30. The summed E-state index contributed by atoms with van der Waals surface area (Å²) < 4.78 is 5.16. The fourth-order valence-electron chi connectivity index (χ4n) is 1.61. The van der Waals surface area contributed by atoms with Crippen molar-refractivity contribution in [2.75, 3.05) is 7.11 Å². The highest BCUT2D eigenvalue weighted by atomic mass is 16.5. The number of methoxy groups -OCH3 is 1. The van der Waals surface area contributed by atoms with Crippen LogP contribution >= 0.6 is 0 Å². The molecule has 0 unspecified atom stereocenters. The fraction of sp³-hybridized carbons (Fsp3) is 0.143. The Morgan fingerprint density at radius 3 is 2.59 bits per heavy atom. The largest absolute Gasteiger partial charge is 0.497 e. The molecular weight excluding hydrogens is 214 g/mol. The van der Waals surface area contributed by atoms with E-state index in [2.05, 4.69) is 4.98 Å². The van der Waals surface area contributed by atoms with Gasteiger partial charge in [0.15, 0.2) is 0 Å². The third kappa shape index (κ3) is 2.50. The molecule has 2 rings (SSSR count). The maximum absolute atomic E-state index is 10.8. The van der Waals surface area contributed by atoms with Crippen LogP contribution < -0.4 is 4.74 Å². The van der Waals surface area contributed by atoms with E-state index in [1.807, 2.05) is 31.2 Å². The minimum Gasteiger partial charge on any atom is -0.497 e. The third-order valence-electron chi connectivity index (χ3n) is 2.55. The molecular formula is C14H13NO2. The number of nitrogens with zero attached hydrogens (tertiary/aromatic N) is 1. The molecule has 0 bridgehead atoms. The molecule has 0 spiro atoms. The molecule has 0 atom stereocenters. The molecule has 0 saturated heterocycles. The van der Waals surface area contributed by atoms with Gasteiger partial charge in [0, 0.05) is 23.0 Å². The fourth-order valence-corrected chi connectivity index (χ4v) is 1.61. The summed E-state index contributed by atoms with van der Waals surface area (Å²) in [5.74, 6) is 0.671. The highest BCUT2D eigenvalue weighted by Crippen LogP contribution is 2.25. The van der Waals surface area contributed by atoms with Crippen LogP contribution in [0.25, 0.3) is 11.1 Å². The number of ether oxygens (including phenoxy) is 1. The van der Waals surface area contributed by atoms with E-state index in [1.165, 1.54) is 0 Å². The zero-order valence-electron chi connectivity index (χ0n) is 9.81. The van der Waals surface area contributed by atoms with Gasteiger partial charge in [-0.2, -0.15) is 0 Å². The van der Waals surface area contributed by atoms with Gasteiger partial charge in [-0.3, -0.25) is 9.78 Å². The van der Waals surface area contributed by atoms with Crippen molar-refractivity contribution in [3.8, 4) is 16.9 Å². The summed E-state index contributed by atoms with van der Waals surface area (Å²) in [6.45, 7) is 1.94. The van der Waals surface area contributed by atoms with E-state index < -0.39 is 0 Å². The molecule has 1 heterocycles. The van der Waals surface area contributed by atoms with Crippen LogP contribution in [0, 0.1) is 6.92 Å². The number of hydrogen-bond acceptors (Lipinski definition) is 3. The molecule has 0 N–H and O–H groups in total. The molecule has 0 saturated carbocycles. The van der Waals surface area contributed by atoms with Gasteiger partial charge in [-0.05, 0) is 36.8 Å². The summed E-state index contributed by atoms with van der Waals surface area (Å²) in [6.07, 6.45) is 2.60. The zero-order chi connectivity index (χ0) is 12.3. The number of rotatable bonds is 3. The van der Waals surface area contributed by atoms with Crippen molar-refractivity contribution in [1.82, 2.24) is 4.98 Å². The van der Waals surface area contributed by atoms with Gasteiger partial charge in [0.05, 0.1) is 7.11 Å². The minimum atomic E-state index is 0.597. The second-order valence-corrected chi connectivity index (χ2v) is 3.80. The van der Waals surface area contributed by atoms with Gasteiger partial charge in [0.25, 0.3) is 0 Å². The number of hydrogen-bond donors (Lipinski definition) is 0. The van der Waals surface area contributed by atoms with Crippen LogP contribution in [0.3, 0.4) is 0 Å². The van der Waals surface area contributed by atoms with Gasteiger partial charge in [-0.25, -0.2) is 0 Å². The molecule has 0 fully saturated rings. The van der Waals surface area contributed by atoms with E-state index in [0.29, 0.717) is 11.3 Å². The van der Waals surface area contributed by atoms with Gasteiger partial charge in [-0.1, -0.05) is 6.07 Å². The molecule has 1 aromatic carbocycles. The molecule has 0 aliphatic carbocycles. The van der Waals surface area contributed by atoms with Gasteiger partial charge in [0.1, 0.15) is 12.0 Å². The van der Waals surface area contributed by atoms with Crippen molar-refractivity contribution in [3.05, 3.63) is 47.8 Å². The van der Waals surface area contributed by atoms with E-state index in [1.54, 1.807) is 19.4 Å². The average molecular weight is 227 g/mol. The van der Waals surface area contributed by atoms with Gasteiger partial charge < -0.3 is 4.74 Å². The monoisotopic (exact) mass is 227 g/mol. The Bertz CT molecular complexity index is 532. The topological polar surface area (TPSA) is 39.2 Å². The first-order chi connectivity index (χ1) is 8.22. The molecule has 86 valence electrons. The summed E-state index contributed by atoms with van der Waals surface area (Å²) in [5.41, 5.74) is 3.46. The summed E-state index contributed by atoms with van der Waals surface area (Å²) in [5, 5.41) is 0. The summed E-state index contributed by atoms with van der Waals surface area (Å²) in [4.78, 5) is 15.1. The maximum atomic E-state index is 10.8. The van der Waals surface area contributed by atoms with Crippen LogP contribution in [0.15, 0.2) is 36.5 Å². The SMILES string of the molecule is COc1cc(C=O)cc(-c2ccc(C)nc2)c1. The summed E-state index contributed by atoms with van der Waals surface area (Å²) in [6, 6.07) is 9.33. The van der Waals surface area contributed by atoms with Crippen molar-refractivity contribution >= 4 is 6.29 Å². The number of carbonyl (C=O) groups is 1. The van der Waals surface area contributed by atoms with E-state index in [9.17, 15) is 4.79 Å². The molecule has 0 aliphatic rings. The van der Waals surface area contributed by atoms with E-state index >= 15 is 0 Å². The number of aryl methyl sites for hydroxylation is 1. The number of pyridine rings is 1. The van der Waals surface area contributed by atoms with Crippen molar-refractivity contribution in [3.63, 3.8) is 0 Å². The van der Waals surface area contributed by atoms with Gasteiger partial charge >= 0.3 is 0 Å². The molecule has 0 aliphatic heterocycles. The minimum absolute atomic E-state index is 0.597. The van der Waals surface area contributed by atoms with Gasteiger partial charge in [0.2, 0.25) is 0 Å². The second kappa shape index (κ2) is 4.78. The number of aromatic nitrogens is 1. The third-order valence-corrected chi connectivity index (χ3v) is 2.55. The van der Waals surface area contributed by atoms with E-state index in [0.717, 1.165) is 23.1 Å². The van der Waals surface area contributed by atoms with Crippen molar-refractivity contribution in [2.24, 2.45) is 0 Å². The van der Waals surface area contributed by atoms with Crippen molar-refractivity contribution in [1.29, 1.82) is 0 Å². The van der Waals surface area contributed by atoms with Crippen molar-refractivity contribution in [2.45, 2.75) is 6.92 Å². The second-order valence-electron chi connectivity index (χ2n) is 3.80. The Morgan fingerprint density at radius 2 is 2.00 bits per heavy atom. The van der Waals surface area contributed by atoms with Crippen LogP contribution in [0.5, 0.6) is 5.75 Å². The van der Waals surface area contributed by atoms with E-state index in [-0.39, 0.29) is 0 Å². The molecule has 0 radical (unpaired) electrons. The molecule has 17 heavy (non-hydrogen) atoms. The quantitative estimate of drug-likeness (QED) is 0.757. The number of benzene rings is 1. The Kier molecular flexibility index (Phi) is 3.19. The molecule has 2 aromatic rings. The average Bonchev–Trinajstić information content (AvgIpc) is 2.39. The molecule has 3 nitrogen and oxygen atoms in total. The Balaban J connectivity index is 2.50. The highest BCUT2D eigenvalue weighted by Gasteiger charge is 2.03. The normalized spacial score (nSPS) is 10.0. The predicted octanol–water partition coefficient (Wildman–Crippen LogP) is 2.88. The first-order valence-corrected chi connectivity index (χ1v) is 5.30. The van der Waals surface area contributed by atoms with Crippen LogP contribution in [0.2, 0.25) is 0 Å². The Hall–Kier alpha value is -2.16. The molecule has 0 amide bonds. The van der Waals surface area contributed by atoms with Crippen LogP contribution in [0.1, 0.15) is 16.1 Å². The lowest BCUT2D eigenvalue weighted by molar-refractivity contribution is 0.112. The smallest absolute Gasteiger partial charge is 0.150 e. The van der Waals surface area contributed by atoms with Crippen LogP contribution in [-0.2, 0) is 0 Å². The van der Waals surface area contributed by atoms with Crippen LogP contribution in [0.4, 0.5) is 0 Å². The lowest BCUT2D eigenvalue weighted by Gasteiger charge is -2.06. The highest BCUT2D eigenvalue weighted by molar-refractivity contribution is 5.80. The van der Waals surface area contributed by atoms with Crippen molar-refractivity contribution < 1.29 is 9.53 Å². The lowest BCUT2D eigenvalue weighted by atomic mass is 10.0. The number of carbonyl (C=O) groups excluding carboxylic acids is 1. The lowest BCUT2D eigenvalue weighted by Crippen LogP contribution is -1.89. The van der Waals surface area contributed by atoms with E-state index in [4.69, 9.17) is 4.74 Å². The zero-order valence-corrected chi connectivity index (χ0v) is 9.81. The molecule has 1 aromatic heterocycles. The standard InChI is InChI=1S/C14H13NO2/c1-10-3-4-12(8-15-10)13-5-11(9-16)6-14(7-13)17-2/h3-9H,1-2H3. The Morgan fingerprint density at radius 1 is 1.18 bits per heavy atom. The summed E-state index contributed by atoms with van der Waals surface area (Å²) in [7, 11) is 1.58. The number of aldehydes is 1. The van der Waals surface area contributed by atoms with Crippen LogP contribution in [-0.4, -0.2) is 18.4 Å². The Labute approximate surface area is 100 Å². The predicted molar refractivity (Wildman–Crippen MR) is 66.3 cm³/mol. The first kappa shape index (κ1) is 11.3. The summed E-state index contributed by atoms with van der Waals surface area (Å²) >= 11 is 0. The molecule has 3 heteroatoms. The maximum Gasteiger partial charge on any atom is 0.150 e. The van der Waals surface area contributed by atoms with Gasteiger partial charge in [-0.15, -0.1) is 0 Å².